The lowest BCUT2D eigenvalue weighted by molar-refractivity contribution is 0.236. The van der Waals surface area contributed by atoms with Gasteiger partial charge in [-0.05, 0) is 40.3 Å². The molecule has 2 rings (SSSR count). The van der Waals surface area contributed by atoms with Crippen LogP contribution in [0.1, 0.15) is 11.3 Å². The summed E-state index contributed by atoms with van der Waals surface area (Å²) in [6, 6.07) is 9.04. The van der Waals surface area contributed by atoms with Gasteiger partial charge in [-0.25, -0.2) is 0 Å². The molecule has 18 heavy (non-hydrogen) atoms. The van der Waals surface area contributed by atoms with E-state index in [2.05, 4.69) is 22.6 Å². The molecule has 1 heterocycles. The number of halogens is 1. The summed E-state index contributed by atoms with van der Waals surface area (Å²) in [5.41, 5.74) is 0.678. The highest BCUT2D eigenvalue weighted by atomic mass is 127. The largest absolute Gasteiger partial charge is 0.482 e. The first-order chi connectivity index (χ1) is 8.69. The van der Waals surface area contributed by atoms with Gasteiger partial charge in [-0.3, -0.25) is 4.79 Å². The van der Waals surface area contributed by atoms with Crippen molar-refractivity contribution in [2.24, 2.45) is 0 Å². The van der Waals surface area contributed by atoms with Crippen molar-refractivity contribution in [3.63, 3.8) is 0 Å². The molecular weight excluding hydrogens is 347 g/mol. The lowest BCUT2D eigenvalue weighted by atomic mass is 10.2. The summed E-state index contributed by atoms with van der Waals surface area (Å²) in [5.74, 6) is 0.368. The second-order valence-electron chi connectivity index (χ2n) is 3.65. The molecule has 0 bridgehead atoms. The molecule has 0 aliphatic carbocycles. The first-order valence-electron chi connectivity index (χ1n) is 5.29. The summed E-state index contributed by atoms with van der Waals surface area (Å²) in [5, 5.41) is 8.81. The van der Waals surface area contributed by atoms with Crippen LogP contribution in [-0.2, 0) is 13.2 Å². The average Bonchev–Trinajstić information content (AvgIpc) is 2.39. The van der Waals surface area contributed by atoms with E-state index in [4.69, 9.17) is 14.3 Å². The van der Waals surface area contributed by atoms with Crippen molar-refractivity contribution >= 4 is 22.6 Å². The van der Waals surface area contributed by atoms with Crippen LogP contribution in [-0.4, -0.2) is 5.11 Å². The normalized spacial score (nSPS) is 10.3. The Balaban J connectivity index is 2.06. The third kappa shape index (κ3) is 3.33. The number of aliphatic hydroxyl groups is 1. The van der Waals surface area contributed by atoms with E-state index in [1.54, 1.807) is 0 Å². The Morgan fingerprint density at radius 3 is 2.61 bits per heavy atom. The molecule has 0 aliphatic heterocycles. The number of hydrogen-bond acceptors (Lipinski definition) is 4. The average molecular weight is 358 g/mol. The van der Waals surface area contributed by atoms with E-state index < -0.39 is 0 Å². The Morgan fingerprint density at radius 2 is 2.00 bits per heavy atom. The summed E-state index contributed by atoms with van der Waals surface area (Å²) in [4.78, 5) is 11.6. The minimum atomic E-state index is -0.299. The third-order valence-corrected chi connectivity index (χ3v) is 3.03. The van der Waals surface area contributed by atoms with Gasteiger partial charge in [0.2, 0.25) is 11.2 Å². The predicted octanol–water partition coefficient (Wildman–Crippen LogP) is 2.32. The van der Waals surface area contributed by atoms with Crippen LogP contribution in [0, 0.1) is 3.57 Å². The molecule has 0 unspecified atom stereocenters. The Labute approximate surface area is 117 Å². The molecule has 4 nitrogen and oxygen atoms in total. The van der Waals surface area contributed by atoms with Gasteiger partial charge < -0.3 is 14.3 Å². The van der Waals surface area contributed by atoms with Gasteiger partial charge in [-0.1, -0.05) is 12.1 Å². The lowest BCUT2D eigenvalue weighted by Crippen LogP contribution is -2.07. The Bertz CT molecular complexity index is 574. The van der Waals surface area contributed by atoms with Crippen molar-refractivity contribution < 1.29 is 14.3 Å². The number of hydrogen-bond donors (Lipinski definition) is 1. The summed E-state index contributed by atoms with van der Waals surface area (Å²) < 4.78 is 11.5. The van der Waals surface area contributed by atoms with Crippen molar-refractivity contribution in [1.82, 2.24) is 0 Å². The van der Waals surface area contributed by atoms with Crippen molar-refractivity contribution in [3.8, 4) is 5.75 Å². The fourth-order valence-electron chi connectivity index (χ4n) is 1.37. The monoisotopic (exact) mass is 358 g/mol. The van der Waals surface area contributed by atoms with Crippen LogP contribution in [0.15, 0.2) is 45.8 Å². The first-order valence-corrected chi connectivity index (χ1v) is 6.37. The van der Waals surface area contributed by atoms with Crippen LogP contribution in [0.4, 0.5) is 0 Å². The third-order valence-electron chi connectivity index (χ3n) is 2.32. The first kappa shape index (κ1) is 13.1. The molecule has 1 N–H and O–H groups in total. The van der Waals surface area contributed by atoms with E-state index in [1.807, 2.05) is 24.3 Å². The summed E-state index contributed by atoms with van der Waals surface area (Å²) >= 11 is 2.22. The van der Waals surface area contributed by atoms with Crippen molar-refractivity contribution in [2.45, 2.75) is 13.2 Å². The molecule has 1 aromatic heterocycles. The highest BCUT2D eigenvalue weighted by molar-refractivity contribution is 14.1. The van der Waals surface area contributed by atoms with Gasteiger partial charge in [0.1, 0.15) is 25.2 Å². The minimum Gasteiger partial charge on any atom is -0.482 e. The van der Waals surface area contributed by atoms with Gasteiger partial charge in [0.05, 0.1) is 0 Å². The molecule has 2 aromatic rings. The maximum Gasteiger partial charge on any atom is 0.227 e. The van der Waals surface area contributed by atoms with Crippen LogP contribution in [0.3, 0.4) is 0 Å². The SMILES string of the molecule is O=c1cc(CO)occ1OCc1ccc(I)cc1. The molecule has 1 aromatic carbocycles. The molecule has 0 atom stereocenters. The molecule has 0 radical (unpaired) electrons. The van der Waals surface area contributed by atoms with Gasteiger partial charge in [0, 0.05) is 9.64 Å². The molecule has 0 spiro atoms. The lowest BCUT2D eigenvalue weighted by Gasteiger charge is -2.05. The predicted molar refractivity (Wildman–Crippen MR) is 74.4 cm³/mol. The van der Waals surface area contributed by atoms with E-state index in [9.17, 15) is 4.79 Å². The Morgan fingerprint density at radius 1 is 1.28 bits per heavy atom. The van der Waals surface area contributed by atoms with Crippen molar-refractivity contribution in [1.29, 1.82) is 0 Å². The van der Waals surface area contributed by atoms with Gasteiger partial charge in [0.25, 0.3) is 0 Å². The molecular formula is C13H11IO4. The maximum absolute atomic E-state index is 11.6. The molecule has 0 aliphatic rings. The van der Waals surface area contributed by atoms with E-state index in [1.165, 1.54) is 12.3 Å². The number of ether oxygens (including phenoxy) is 1. The zero-order valence-electron chi connectivity index (χ0n) is 9.43. The summed E-state index contributed by atoms with van der Waals surface area (Å²) in [6.45, 7) is 0.00674. The highest BCUT2D eigenvalue weighted by Gasteiger charge is 2.04. The molecule has 0 amide bonds. The topological polar surface area (TPSA) is 59.7 Å². The van der Waals surface area contributed by atoms with Crippen molar-refractivity contribution in [3.05, 3.63) is 61.7 Å². The van der Waals surface area contributed by atoms with Gasteiger partial charge in [0.15, 0.2) is 0 Å². The Hall–Kier alpha value is -1.34. The van der Waals surface area contributed by atoms with Crippen LogP contribution in [0.25, 0.3) is 0 Å². The minimum absolute atomic E-state index is 0.144. The summed E-state index contributed by atoms with van der Waals surface area (Å²) in [7, 11) is 0. The standard InChI is InChI=1S/C13H11IO4/c14-10-3-1-9(2-4-10)7-18-13-8-17-11(6-15)5-12(13)16/h1-5,8,15H,6-7H2. The zero-order valence-corrected chi connectivity index (χ0v) is 11.6. The van der Waals surface area contributed by atoms with Crippen LogP contribution in [0.5, 0.6) is 5.75 Å². The fraction of sp³-hybridized carbons (Fsp3) is 0.154. The van der Waals surface area contributed by atoms with Gasteiger partial charge >= 0.3 is 0 Å². The number of aliphatic hydroxyl groups excluding tert-OH is 1. The van der Waals surface area contributed by atoms with Crippen LogP contribution >= 0.6 is 22.6 Å². The van der Waals surface area contributed by atoms with E-state index in [0.29, 0.717) is 6.61 Å². The molecule has 0 fully saturated rings. The maximum atomic E-state index is 11.6. The number of rotatable bonds is 4. The quantitative estimate of drug-likeness (QED) is 0.853. The zero-order chi connectivity index (χ0) is 13.0. The Kier molecular flexibility index (Phi) is 4.38. The second kappa shape index (κ2) is 6.01. The summed E-state index contributed by atoms with van der Waals surface area (Å²) in [6.07, 6.45) is 1.22. The van der Waals surface area contributed by atoms with E-state index >= 15 is 0 Å². The van der Waals surface area contributed by atoms with Crippen LogP contribution < -0.4 is 10.2 Å². The molecule has 94 valence electrons. The van der Waals surface area contributed by atoms with Gasteiger partial charge in [-0.15, -0.1) is 0 Å². The van der Waals surface area contributed by atoms with E-state index in [-0.39, 0.29) is 23.5 Å². The molecule has 0 saturated carbocycles. The van der Waals surface area contributed by atoms with Crippen LogP contribution in [0.2, 0.25) is 0 Å². The number of benzene rings is 1. The van der Waals surface area contributed by atoms with E-state index in [0.717, 1.165) is 9.13 Å². The van der Waals surface area contributed by atoms with Crippen molar-refractivity contribution in [2.75, 3.05) is 0 Å². The smallest absolute Gasteiger partial charge is 0.227 e. The second-order valence-corrected chi connectivity index (χ2v) is 4.89. The van der Waals surface area contributed by atoms with Gasteiger partial charge in [-0.2, -0.15) is 0 Å². The highest BCUT2D eigenvalue weighted by Crippen LogP contribution is 2.11. The molecule has 0 saturated heterocycles. The fourth-order valence-corrected chi connectivity index (χ4v) is 1.73. The molecule has 5 heteroatoms.